The summed E-state index contributed by atoms with van der Waals surface area (Å²) in [5.74, 6) is 1.68. The number of nitrogens with one attached hydrogen (secondary N) is 1. The van der Waals surface area contributed by atoms with Crippen LogP contribution in [0.4, 0.5) is 0 Å². The van der Waals surface area contributed by atoms with Crippen LogP contribution < -0.4 is 5.32 Å². The van der Waals surface area contributed by atoms with E-state index in [0.29, 0.717) is 0 Å². The summed E-state index contributed by atoms with van der Waals surface area (Å²) in [5.41, 5.74) is 0.786. The molecular weight excluding hydrogens is 298 g/mol. The van der Waals surface area contributed by atoms with Gasteiger partial charge in [0.05, 0.1) is 5.69 Å². The molecule has 5 nitrogen and oxygen atoms in total. The molecule has 2 aromatic heterocycles. The van der Waals surface area contributed by atoms with Crippen LogP contribution in [0.1, 0.15) is 34.0 Å². The molecule has 1 amide bonds. The van der Waals surface area contributed by atoms with Gasteiger partial charge in [0.2, 0.25) is 0 Å². The second kappa shape index (κ2) is 6.22. The summed E-state index contributed by atoms with van der Waals surface area (Å²) >= 11 is 1.42. The maximum Gasteiger partial charge on any atom is 0.266 e. The Labute approximate surface area is 134 Å². The molecule has 1 fully saturated rings. The zero-order valence-corrected chi connectivity index (χ0v) is 14.0. The first-order valence-corrected chi connectivity index (χ1v) is 8.41. The predicted molar refractivity (Wildman–Crippen MR) is 87.3 cm³/mol. The lowest BCUT2D eigenvalue weighted by Crippen LogP contribution is -2.40. The number of rotatable bonds is 4. The van der Waals surface area contributed by atoms with Gasteiger partial charge in [0.15, 0.2) is 10.8 Å². The van der Waals surface area contributed by atoms with Crippen molar-refractivity contribution >= 4 is 17.2 Å². The fourth-order valence-corrected chi connectivity index (χ4v) is 3.92. The Morgan fingerprint density at radius 3 is 3.00 bits per heavy atom. The molecule has 1 atom stereocenters. The predicted octanol–water partition coefficient (Wildman–Crippen LogP) is 2.84. The average Bonchev–Trinajstić information content (AvgIpc) is 3.18. The molecule has 0 saturated carbocycles. The van der Waals surface area contributed by atoms with Crippen LogP contribution in [-0.2, 0) is 0 Å². The molecule has 0 radical (unpaired) electrons. The Bertz CT molecular complexity index is 677. The van der Waals surface area contributed by atoms with Crippen molar-refractivity contribution < 1.29 is 9.21 Å². The van der Waals surface area contributed by atoms with Gasteiger partial charge >= 0.3 is 0 Å². The third-order valence-corrected chi connectivity index (χ3v) is 5.18. The number of likely N-dealkylation sites (N-methyl/N-ethyl adjacent to an activating group) is 1. The highest BCUT2D eigenvalue weighted by Gasteiger charge is 2.31. The maximum atomic E-state index is 12.8. The number of aromatic nitrogens is 1. The number of hydrogen-bond donors (Lipinski definition) is 1. The molecule has 118 valence electrons. The number of amides is 1. The van der Waals surface area contributed by atoms with Gasteiger partial charge in [-0.25, -0.2) is 4.98 Å². The molecule has 0 aromatic carbocycles. The molecule has 1 aliphatic heterocycles. The molecule has 3 heterocycles. The number of thiazole rings is 1. The van der Waals surface area contributed by atoms with Crippen molar-refractivity contribution in [3.63, 3.8) is 0 Å². The van der Waals surface area contributed by atoms with Gasteiger partial charge in [0, 0.05) is 19.1 Å². The van der Waals surface area contributed by atoms with E-state index in [0.717, 1.165) is 53.0 Å². The third kappa shape index (κ3) is 2.80. The van der Waals surface area contributed by atoms with Crippen molar-refractivity contribution in [2.24, 2.45) is 0 Å². The average molecular weight is 319 g/mol. The van der Waals surface area contributed by atoms with E-state index in [9.17, 15) is 4.79 Å². The summed E-state index contributed by atoms with van der Waals surface area (Å²) < 4.78 is 5.62. The van der Waals surface area contributed by atoms with Crippen LogP contribution in [0.2, 0.25) is 0 Å². The van der Waals surface area contributed by atoms with Crippen LogP contribution >= 0.6 is 11.3 Å². The summed E-state index contributed by atoms with van der Waals surface area (Å²) in [6.45, 7) is 5.47. The lowest BCUT2D eigenvalue weighted by Gasteiger charge is -2.24. The number of nitrogens with zero attached hydrogens (tertiary/aromatic N) is 2. The molecule has 0 bridgehead atoms. The largest absolute Gasteiger partial charge is 0.459 e. The summed E-state index contributed by atoms with van der Waals surface area (Å²) in [5, 5.41) is 3.95. The van der Waals surface area contributed by atoms with Gasteiger partial charge in [-0.1, -0.05) is 0 Å². The van der Waals surface area contributed by atoms with Crippen LogP contribution in [0.3, 0.4) is 0 Å². The molecule has 1 saturated heterocycles. The normalized spacial score (nSPS) is 18.1. The zero-order chi connectivity index (χ0) is 15.7. The van der Waals surface area contributed by atoms with Gasteiger partial charge in [0.1, 0.15) is 10.6 Å². The van der Waals surface area contributed by atoms with E-state index in [1.807, 2.05) is 37.9 Å². The van der Waals surface area contributed by atoms with Crippen molar-refractivity contribution in [2.75, 3.05) is 20.1 Å². The summed E-state index contributed by atoms with van der Waals surface area (Å²) in [6.07, 6.45) is 2.13. The Morgan fingerprint density at radius 1 is 1.50 bits per heavy atom. The number of hydrogen-bond acceptors (Lipinski definition) is 5. The number of aryl methyl sites for hydroxylation is 2. The first-order valence-electron chi connectivity index (χ1n) is 7.60. The fourth-order valence-electron chi connectivity index (χ4n) is 2.93. The topological polar surface area (TPSA) is 58.4 Å². The molecule has 0 aliphatic carbocycles. The van der Waals surface area contributed by atoms with Gasteiger partial charge in [-0.3, -0.25) is 4.79 Å². The Kier molecular flexibility index (Phi) is 4.31. The van der Waals surface area contributed by atoms with E-state index < -0.39 is 0 Å². The fraction of sp³-hybridized carbons (Fsp3) is 0.500. The van der Waals surface area contributed by atoms with E-state index in [1.54, 1.807) is 0 Å². The summed E-state index contributed by atoms with van der Waals surface area (Å²) in [7, 11) is 1.93. The van der Waals surface area contributed by atoms with E-state index >= 15 is 0 Å². The summed E-state index contributed by atoms with van der Waals surface area (Å²) in [6, 6.07) is 4.10. The van der Waals surface area contributed by atoms with E-state index in [4.69, 9.17) is 4.42 Å². The number of furan rings is 1. The van der Waals surface area contributed by atoms with E-state index in [1.165, 1.54) is 11.3 Å². The minimum Gasteiger partial charge on any atom is -0.459 e. The van der Waals surface area contributed by atoms with Gasteiger partial charge in [-0.15, -0.1) is 11.3 Å². The second-order valence-corrected chi connectivity index (χ2v) is 6.70. The monoisotopic (exact) mass is 319 g/mol. The van der Waals surface area contributed by atoms with Gasteiger partial charge in [0.25, 0.3) is 5.91 Å². The lowest BCUT2D eigenvalue weighted by molar-refractivity contribution is 0.0741. The Morgan fingerprint density at radius 2 is 2.32 bits per heavy atom. The van der Waals surface area contributed by atoms with Crippen molar-refractivity contribution in [1.29, 1.82) is 0 Å². The van der Waals surface area contributed by atoms with Crippen molar-refractivity contribution in [2.45, 2.75) is 32.7 Å². The zero-order valence-electron chi connectivity index (χ0n) is 13.2. The minimum absolute atomic E-state index is 0.0993. The molecule has 1 unspecified atom stereocenters. The highest BCUT2D eigenvalue weighted by molar-refractivity contribution is 7.17. The van der Waals surface area contributed by atoms with Crippen molar-refractivity contribution in [3.8, 4) is 10.8 Å². The number of carbonyl (C=O) groups excluding carboxylic acids is 1. The smallest absolute Gasteiger partial charge is 0.266 e. The molecule has 3 rings (SSSR count). The molecule has 1 aliphatic rings. The highest BCUT2D eigenvalue weighted by atomic mass is 32.1. The van der Waals surface area contributed by atoms with Gasteiger partial charge in [-0.05, 0) is 45.9 Å². The van der Waals surface area contributed by atoms with Crippen LogP contribution in [-0.4, -0.2) is 42.0 Å². The quantitative estimate of drug-likeness (QED) is 0.941. The molecule has 2 aromatic rings. The first kappa shape index (κ1) is 15.2. The summed E-state index contributed by atoms with van der Waals surface area (Å²) in [4.78, 5) is 20.1. The van der Waals surface area contributed by atoms with Gasteiger partial charge in [-0.2, -0.15) is 0 Å². The van der Waals surface area contributed by atoms with Crippen LogP contribution in [0, 0.1) is 13.8 Å². The molecule has 22 heavy (non-hydrogen) atoms. The highest BCUT2D eigenvalue weighted by Crippen LogP contribution is 2.31. The van der Waals surface area contributed by atoms with Gasteiger partial charge < -0.3 is 14.6 Å². The van der Waals surface area contributed by atoms with Crippen LogP contribution in [0.25, 0.3) is 10.8 Å². The standard InChI is InChI=1S/C16H21N3O2S/c1-10-6-7-13(21-10)15-18-11(2)14(22-15)16(20)19-8-4-5-12(19)9-17-3/h6-7,12,17H,4-5,8-9H2,1-3H3. The maximum absolute atomic E-state index is 12.8. The minimum atomic E-state index is 0.0993. The van der Waals surface area contributed by atoms with E-state index in [2.05, 4.69) is 10.3 Å². The second-order valence-electron chi connectivity index (χ2n) is 5.70. The van der Waals surface area contributed by atoms with Crippen molar-refractivity contribution in [1.82, 2.24) is 15.2 Å². The molecule has 0 spiro atoms. The third-order valence-electron chi connectivity index (χ3n) is 4.02. The van der Waals surface area contributed by atoms with Crippen molar-refractivity contribution in [3.05, 3.63) is 28.5 Å². The number of carbonyl (C=O) groups is 1. The molecule has 6 heteroatoms. The van der Waals surface area contributed by atoms with E-state index in [-0.39, 0.29) is 11.9 Å². The van der Waals surface area contributed by atoms with Crippen LogP contribution in [0.15, 0.2) is 16.5 Å². The molecule has 1 N–H and O–H groups in total. The SMILES string of the molecule is CNCC1CCCN1C(=O)c1sc(-c2ccc(C)o2)nc1C. The first-order chi connectivity index (χ1) is 10.6. The Balaban J connectivity index is 1.85. The molecular formula is C16H21N3O2S. The van der Waals surface area contributed by atoms with Crippen LogP contribution in [0.5, 0.6) is 0 Å². The lowest BCUT2D eigenvalue weighted by atomic mass is 10.2. The number of likely N-dealkylation sites (tertiary alicyclic amines) is 1. The Hall–Kier alpha value is -1.66.